The van der Waals surface area contributed by atoms with Crippen LogP contribution < -0.4 is 15.5 Å². The van der Waals surface area contributed by atoms with Crippen LogP contribution >= 0.6 is 0 Å². The molecule has 7 heteroatoms. The van der Waals surface area contributed by atoms with Gasteiger partial charge in [0.1, 0.15) is 0 Å². The maximum Gasteiger partial charge on any atom is 0.238 e. The van der Waals surface area contributed by atoms with Crippen molar-refractivity contribution in [1.82, 2.24) is 20.8 Å². The molecular formula is C19H22FN5O. The smallest absolute Gasteiger partial charge is 0.238 e. The summed E-state index contributed by atoms with van der Waals surface area (Å²) in [5.74, 6) is 0.103. The van der Waals surface area contributed by atoms with Crippen molar-refractivity contribution in [2.45, 2.75) is 18.8 Å². The molecule has 2 N–H and O–H groups in total. The van der Waals surface area contributed by atoms with Crippen molar-refractivity contribution in [3.63, 3.8) is 0 Å². The molecule has 2 aliphatic heterocycles. The van der Waals surface area contributed by atoms with Crippen LogP contribution in [0.25, 0.3) is 0 Å². The molecule has 2 saturated heterocycles. The van der Waals surface area contributed by atoms with Crippen LogP contribution in [0.1, 0.15) is 24.3 Å². The minimum atomic E-state index is -0.660. The highest BCUT2D eigenvalue weighted by molar-refractivity contribution is 6.01. The number of piperidine rings is 1. The van der Waals surface area contributed by atoms with Crippen LogP contribution in [-0.4, -0.2) is 42.3 Å². The van der Waals surface area contributed by atoms with E-state index in [1.54, 1.807) is 4.90 Å². The Morgan fingerprint density at radius 3 is 2.31 bits per heavy atom. The summed E-state index contributed by atoms with van der Waals surface area (Å²) < 4.78 is 13.2. The normalized spacial score (nSPS) is 18.3. The van der Waals surface area contributed by atoms with Crippen molar-refractivity contribution >= 4 is 17.4 Å². The first-order valence-electron chi connectivity index (χ1n) is 9.07. The maximum absolute atomic E-state index is 13.2. The Bertz CT molecular complexity index is 755. The summed E-state index contributed by atoms with van der Waals surface area (Å²) in [6.45, 7) is 3.38. The molecule has 0 radical (unpaired) electrons. The van der Waals surface area contributed by atoms with Crippen LogP contribution in [0.5, 0.6) is 0 Å². The van der Waals surface area contributed by atoms with E-state index in [9.17, 15) is 9.18 Å². The van der Waals surface area contributed by atoms with Crippen LogP contribution in [0.15, 0.2) is 36.4 Å². The third-order valence-corrected chi connectivity index (χ3v) is 5.16. The van der Waals surface area contributed by atoms with Gasteiger partial charge in [-0.2, -0.15) is 4.39 Å². The topological polar surface area (TPSA) is 70.2 Å². The van der Waals surface area contributed by atoms with Gasteiger partial charge in [-0.1, -0.05) is 12.1 Å². The second-order valence-electron chi connectivity index (χ2n) is 6.86. The van der Waals surface area contributed by atoms with Crippen LogP contribution in [0.4, 0.5) is 15.9 Å². The summed E-state index contributed by atoms with van der Waals surface area (Å²) in [6, 6.07) is 10.8. The van der Waals surface area contributed by atoms with Crippen molar-refractivity contribution in [3.8, 4) is 0 Å². The molecule has 26 heavy (non-hydrogen) atoms. The fraction of sp³-hybridized carbons (Fsp3) is 0.421. The number of amides is 1. The van der Waals surface area contributed by atoms with Gasteiger partial charge in [-0.25, -0.2) is 0 Å². The van der Waals surface area contributed by atoms with Crippen molar-refractivity contribution < 1.29 is 9.18 Å². The molecule has 0 bridgehead atoms. The molecule has 1 aromatic heterocycles. The monoisotopic (exact) mass is 355 g/mol. The number of benzene rings is 1. The molecule has 6 nitrogen and oxygen atoms in total. The lowest BCUT2D eigenvalue weighted by molar-refractivity contribution is -0.123. The molecule has 0 unspecified atom stereocenters. The van der Waals surface area contributed by atoms with E-state index < -0.39 is 5.95 Å². The number of anilines is 2. The molecule has 0 saturated carbocycles. The lowest BCUT2D eigenvalue weighted by Gasteiger charge is -2.32. The van der Waals surface area contributed by atoms with Crippen LogP contribution in [0.3, 0.4) is 0 Å². The molecule has 0 spiro atoms. The summed E-state index contributed by atoms with van der Waals surface area (Å²) in [4.78, 5) is 14.5. The molecule has 0 atom stereocenters. The Morgan fingerprint density at radius 1 is 1.00 bits per heavy atom. The average molecular weight is 355 g/mol. The van der Waals surface area contributed by atoms with E-state index in [4.69, 9.17) is 0 Å². The van der Waals surface area contributed by atoms with E-state index in [0.29, 0.717) is 24.8 Å². The minimum absolute atomic E-state index is 0.0423. The van der Waals surface area contributed by atoms with Gasteiger partial charge in [0, 0.05) is 13.1 Å². The zero-order valence-electron chi connectivity index (χ0n) is 14.5. The number of aromatic nitrogens is 2. The highest BCUT2D eigenvalue weighted by Crippen LogP contribution is 2.30. The summed E-state index contributed by atoms with van der Waals surface area (Å²) in [5, 5.41) is 13.8. The van der Waals surface area contributed by atoms with Gasteiger partial charge in [0.05, 0.1) is 11.6 Å². The zero-order chi connectivity index (χ0) is 17.9. The number of nitrogens with one attached hydrogen (secondary N) is 2. The standard InChI is InChI=1S/C19H22FN5O/c20-17-5-6-18(24-23-17)25(19(26)15-11-22-12-15)16-3-1-13(2-4-16)14-7-9-21-10-8-14/h1-6,14-15,21-22H,7-12H2. The first kappa shape index (κ1) is 17.1. The second kappa shape index (κ2) is 7.47. The van der Waals surface area contributed by atoms with Gasteiger partial charge in [0.25, 0.3) is 0 Å². The van der Waals surface area contributed by atoms with Crippen LogP contribution in [-0.2, 0) is 4.79 Å². The first-order valence-corrected chi connectivity index (χ1v) is 9.07. The lowest BCUT2D eigenvalue weighted by atomic mass is 9.90. The Balaban J connectivity index is 1.62. The van der Waals surface area contributed by atoms with Gasteiger partial charge in [0.15, 0.2) is 5.82 Å². The Morgan fingerprint density at radius 2 is 1.73 bits per heavy atom. The summed E-state index contributed by atoms with van der Waals surface area (Å²) in [6.07, 6.45) is 2.25. The molecule has 2 aromatic rings. The van der Waals surface area contributed by atoms with Crippen LogP contribution in [0, 0.1) is 11.9 Å². The molecule has 2 fully saturated rings. The number of hydrogen-bond donors (Lipinski definition) is 2. The predicted octanol–water partition coefficient (Wildman–Crippen LogP) is 1.97. The van der Waals surface area contributed by atoms with E-state index >= 15 is 0 Å². The number of hydrogen-bond acceptors (Lipinski definition) is 5. The molecule has 2 aliphatic rings. The van der Waals surface area contributed by atoms with Gasteiger partial charge >= 0.3 is 0 Å². The van der Waals surface area contributed by atoms with Crippen molar-refractivity contribution in [2.24, 2.45) is 5.92 Å². The number of halogens is 1. The van der Waals surface area contributed by atoms with Crippen molar-refractivity contribution in [2.75, 3.05) is 31.1 Å². The first-order chi connectivity index (χ1) is 12.7. The van der Waals surface area contributed by atoms with Gasteiger partial charge in [0.2, 0.25) is 11.9 Å². The second-order valence-corrected chi connectivity index (χ2v) is 6.86. The fourth-order valence-electron chi connectivity index (χ4n) is 3.50. The summed E-state index contributed by atoms with van der Waals surface area (Å²) in [5.41, 5.74) is 2.03. The molecule has 3 heterocycles. The third kappa shape index (κ3) is 3.45. The van der Waals surface area contributed by atoms with Gasteiger partial charge in [-0.05, 0) is 61.7 Å². The molecule has 1 amide bonds. The number of carbonyl (C=O) groups excluding carboxylic acids is 1. The van der Waals surface area contributed by atoms with E-state index in [0.717, 1.165) is 31.6 Å². The van der Waals surface area contributed by atoms with Crippen molar-refractivity contribution in [3.05, 3.63) is 47.9 Å². The molecular weight excluding hydrogens is 333 g/mol. The minimum Gasteiger partial charge on any atom is -0.317 e. The maximum atomic E-state index is 13.2. The Labute approximate surface area is 151 Å². The Kier molecular flexibility index (Phi) is 4.90. The van der Waals surface area contributed by atoms with Gasteiger partial charge in [-0.3, -0.25) is 9.69 Å². The van der Waals surface area contributed by atoms with E-state index in [2.05, 4.69) is 33.0 Å². The quantitative estimate of drug-likeness (QED) is 0.877. The van der Waals surface area contributed by atoms with E-state index in [1.807, 2.05) is 12.1 Å². The van der Waals surface area contributed by atoms with Crippen LogP contribution in [0.2, 0.25) is 0 Å². The van der Waals surface area contributed by atoms with Crippen molar-refractivity contribution in [1.29, 1.82) is 0 Å². The number of nitrogens with zero attached hydrogens (tertiary/aromatic N) is 3. The highest BCUT2D eigenvalue weighted by atomic mass is 19.1. The van der Waals surface area contributed by atoms with Gasteiger partial charge < -0.3 is 10.6 Å². The highest BCUT2D eigenvalue weighted by Gasteiger charge is 2.32. The third-order valence-electron chi connectivity index (χ3n) is 5.16. The zero-order valence-corrected chi connectivity index (χ0v) is 14.5. The summed E-state index contributed by atoms with van der Waals surface area (Å²) >= 11 is 0. The van der Waals surface area contributed by atoms with E-state index in [1.165, 1.54) is 17.7 Å². The van der Waals surface area contributed by atoms with Gasteiger partial charge in [-0.15, -0.1) is 10.2 Å². The lowest BCUT2D eigenvalue weighted by Crippen LogP contribution is -2.51. The SMILES string of the molecule is O=C(C1CNC1)N(c1ccc(C2CCNCC2)cc1)c1ccc(F)nn1. The predicted molar refractivity (Wildman–Crippen MR) is 96.8 cm³/mol. The molecule has 4 rings (SSSR count). The van der Waals surface area contributed by atoms with E-state index in [-0.39, 0.29) is 11.8 Å². The molecule has 1 aromatic carbocycles. The largest absolute Gasteiger partial charge is 0.317 e. The average Bonchev–Trinajstić information content (AvgIpc) is 2.63. The molecule has 0 aliphatic carbocycles. The molecule has 136 valence electrons. The number of rotatable bonds is 4. The fourth-order valence-corrected chi connectivity index (χ4v) is 3.50. The summed E-state index contributed by atoms with van der Waals surface area (Å²) in [7, 11) is 0. The Hall–Kier alpha value is -2.38. The number of carbonyl (C=O) groups is 1.